The molecule has 5 nitrogen and oxygen atoms in total. The third-order valence-corrected chi connectivity index (χ3v) is 3.69. The van der Waals surface area contributed by atoms with Gasteiger partial charge in [0.2, 0.25) is 0 Å². The highest BCUT2D eigenvalue weighted by atomic mass is 32.1. The molecule has 0 aromatic carbocycles. The lowest BCUT2D eigenvalue weighted by molar-refractivity contribution is -0.141. The molecule has 1 aliphatic rings. The summed E-state index contributed by atoms with van der Waals surface area (Å²) in [6, 6.07) is 0.211. The number of carbonyl (C=O) groups excluding carboxylic acids is 1. The van der Waals surface area contributed by atoms with Gasteiger partial charge in [-0.2, -0.15) is 0 Å². The fourth-order valence-electron chi connectivity index (χ4n) is 2.29. The summed E-state index contributed by atoms with van der Waals surface area (Å²) >= 11 is 5.09. The Morgan fingerprint density at radius 3 is 2.44 bits per heavy atom. The second kappa shape index (κ2) is 7.66. The molecule has 1 fully saturated rings. The summed E-state index contributed by atoms with van der Waals surface area (Å²) in [6.07, 6.45) is 1.42. The Kier molecular flexibility index (Phi) is 6.52. The summed E-state index contributed by atoms with van der Waals surface area (Å²) in [7, 11) is 1.42. The van der Waals surface area contributed by atoms with Crippen molar-refractivity contribution < 1.29 is 9.53 Å². The maximum Gasteiger partial charge on any atom is 0.306 e. The van der Waals surface area contributed by atoms with Crippen molar-refractivity contribution in [2.24, 2.45) is 5.73 Å². The van der Waals surface area contributed by atoms with Crippen LogP contribution in [-0.2, 0) is 9.53 Å². The average Bonchev–Trinajstić information content (AvgIpc) is 2.37. The average molecular weight is 273 g/mol. The second-order valence-electron chi connectivity index (χ2n) is 4.53. The first-order valence-corrected chi connectivity index (χ1v) is 6.81. The van der Waals surface area contributed by atoms with E-state index in [9.17, 15) is 4.79 Å². The molecule has 1 atom stereocenters. The van der Waals surface area contributed by atoms with Crippen molar-refractivity contribution in [1.82, 2.24) is 9.80 Å². The van der Waals surface area contributed by atoms with Crippen LogP contribution in [0.1, 0.15) is 19.8 Å². The fraction of sp³-hybridized carbons (Fsp3) is 0.833. The van der Waals surface area contributed by atoms with Crippen LogP contribution in [0.25, 0.3) is 0 Å². The molecule has 0 spiro atoms. The van der Waals surface area contributed by atoms with E-state index in [1.807, 2.05) is 0 Å². The molecular formula is C12H23N3O2S. The van der Waals surface area contributed by atoms with Crippen LogP contribution in [0.15, 0.2) is 0 Å². The zero-order chi connectivity index (χ0) is 13.5. The van der Waals surface area contributed by atoms with E-state index in [4.69, 9.17) is 18.0 Å². The van der Waals surface area contributed by atoms with Gasteiger partial charge >= 0.3 is 5.97 Å². The first kappa shape index (κ1) is 15.3. The summed E-state index contributed by atoms with van der Waals surface area (Å²) in [5, 5.41) is 0. The van der Waals surface area contributed by atoms with Crippen molar-refractivity contribution in [2.45, 2.75) is 25.8 Å². The Labute approximate surface area is 114 Å². The van der Waals surface area contributed by atoms with Crippen LogP contribution in [0.5, 0.6) is 0 Å². The van der Waals surface area contributed by atoms with Crippen LogP contribution in [0.2, 0.25) is 0 Å². The van der Waals surface area contributed by atoms with Crippen LogP contribution in [0, 0.1) is 0 Å². The molecule has 2 N–H and O–H groups in total. The number of nitrogens with zero attached hydrogens (tertiary/aromatic N) is 2. The van der Waals surface area contributed by atoms with E-state index in [2.05, 4.69) is 21.5 Å². The Balaban J connectivity index is 2.32. The van der Waals surface area contributed by atoms with Crippen molar-refractivity contribution in [3.05, 3.63) is 0 Å². The minimum Gasteiger partial charge on any atom is -0.469 e. The number of methoxy groups -OCH3 is 1. The Bertz CT molecular complexity index is 291. The highest BCUT2D eigenvalue weighted by Gasteiger charge is 2.24. The summed E-state index contributed by atoms with van der Waals surface area (Å²) in [6.45, 7) is 6.69. The molecule has 0 bridgehead atoms. The van der Waals surface area contributed by atoms with E-state index in [-0.39, 0.29) is 12.0 Å². The lowest BCUT2D eigenvalue weighted by atomic mass is 10.1. The minimum absolute atomic E-state index is 0.146. The van der Waals surface area contributed by atoms with E-state index < -0.39 is 0 Å². The number of rotatable bonds is 6. The van der Waals surface area contributed by atoms with Gasteiger partial charge in [-0.3, -0.25) is 9.69 Å². The third kappa shape index (κ3) is 4.51. The summed E-state index contributed by atoms with van der Waals surface area (Å²) in [4.78, 5) is 16.3. The first-order chi connectivity index (χ1) is 8.58. The molecule has 1 rings (SSSR count). The molecule has 0 aliphatic carbocycles. The van der Waals surface area contributed by atoms with E-state index >= 15 is 0 Å². The monoisotopic (exact) mass is 273 g/mol. The van der Waals surface area contributed by atoms with Crippen molar-refractivity contribution in [1.29, 1.82) is 0 Å². The molecule has 1 unspecified atom stereocenters. The number of piperazine rings is 1. The van der Waals surface area contributed by atoms with Crippen LogP contribution >= 0.6 is 12.2 Å². The van der Waals surface area contributed by atoms with Gasteiger partial charge in [0.1, 0.15) is 0 Å². The maximum atomic E-state index is 11.1. The highest BCUT2D eigenvalue weighted by Crippen LogP contribution is 2.10. The van der Waals surface area contributed by atoms with E-state index in [1.165, 1.54) is 7.11 Å². The molecule has 0 radical (unpaired) electrons. The molecule has 6 heteroatoms. The van der Waals surface area contributed by atoms with Gasteiger partial charge in [-0.05, 0) is 6.42 Å². The quantitative estimate of drug-likeness (QED) is 0.552. The first-order valence-electron chi connectivity index (χ1n) is 6.41. The van der Waals surface area contributed by atoms with Crippen LogP contribution in [0.3, 0.4) is 0 Å². The molecule has 1 aliphatic heterocycles. The standard InChI is InChI=1S/C12H23N3O2S/c1-3-10(12(13)18)15-8-6-14(7-9-15)5-4-11(16)17-2/h10H,3-9H2,1-2H3,(H2,13,18). The maximum absolute atomic E-state index is 11.1. The van der Waals surface area contributed by atoms with Crippen molar-refractivity contribution in [3.8, 4) is 0 Å². The Morgan fingerprint density at radius 1 is 1.39 bits per heavy atom. The number of esters is 1. The van der Waals surface area contributed by atoms with Gasteiger partial charge in [0.25, 0.3) is 0 Å². The topological polar surface area (TPSA) is 58.8 Å². The smallest absolute Gasteiger partial charge is 0.306 e. The summed E-state index contributed by atoms with van der Waals surface area (Å²) in [5.41, 5.74) is 5.74. The molecule has 0 aromatic heterocycles. The molecule has 1 saturated heterocycles. The summed E-state index contributed by atoms with van der Waals surface area (Å²) in [5.74, 6) is -0.146. The molecule has 0 aromatic rings. The number of nitrogens with two attached hydrogens (primary N) is 1. The molecule has 104 valence electrons. The zero-order valence-electron chi connectivity index (χ0n) is 11.2. The van der Waals surface area contributed by atoms with Gasteiger partial charge in [0.05, 0.1) is 24.6 Å². The van der Waals surface area contributed by atoms with Gasteiger partial charge < -0.3 is 15.4 Å². The van der Waals surface area contributed by atoms with Gasteiger partial charge in [0.15, 0.2) is 0 Å². The predicted molar refractivity (Wildman–Crippen MR) is 75.5 cm³/mol. The number of hydrogen-bond donors (Lipinski definition) is 1. The van der Waals surface area contributed by atoms with Crippen LogP contribution in [0.4, 0.5) is 0 Å². The van der Waals surface area contributed by atoms with Gasteiger partial charge in [-0.15, -0.1) is 0 Å². The van der Waals surface area contributed by atoms with Gasteiger partial charge in [-0.1, -0.05) is 19.1 Å². The summed E-state index contributed by atoms with van der Waals surface area (Å²) < 4.78 is 4.64. The lowest BCUT2D eigenvalue weighted by Gasteiger charge is -2.38. The molecular weight excluding hydrogens is 250 g/mol. The Hall–Kier alpha value is -0.720. The molecule has 0 amide bonds. The third-order valence-electron chi connectivity index (χ3n) is 3.42. The van der Waals surface area contributed by atoms with E-state index in [0.29, 0.717) is 11.4 Å². The van der Waals surface area contributed by atoms with Gasteiger partial charge in [-0.25, -0.2) is 0 Å². The normalized spacial score (nSPS) is 19.4. The number of carbonyl (C=O) groups is 1. The SMILES string of the molecule is CCC(C(N)=S)N1CCN(CCC(=O)OC)CC1. The van der Waals surface area contributed by atoms with Crippen molar-refractivity contribution in [2.75, 3.05) is 39.8 Å². The van der Waals surface area contributed by atoms with E-state index in [1.54, 1.807) is 0 Å². The molecule has 1 heterocycles. The van der Waals surface area contributed by atoms with Crippen molar-refractivity contribution in [3.63, 3.8) is 0 Å². The Morgan fingerprint density at radius 2 is 2.00 bits per heavy atom. The number of thiocarbonyl (C=S) groups is 1. The second-order valence-corrected chi connectivity index (χ2v) is 5.00. The fourth-order valence-corrected chi connectivity index (χ4v) is 2.61. The lowest BCUT2D eigenvalue weighted by Crippen LogP contribution is -2.53. The van der Waals surface area contributed by atoms with E-state index in [0.717, 1.165) is 39.1 Å². The predicted octanol–water partition coefficient (Wildman–Crippen LogP) is 0.232. The van der Waals surface area contributed by atoms with Crippen LogP contribution in [-0.4, -0.2) is 66.6 Å². The number of hydrogen-bond acceptors (Lipinski definition) is 5. The minimum atomic E-state index is -0.146. The zero-order valence-corrected chi connectivity index (χ0v) is 12.0. The van der Waals surface area contributed by atoms with Crippen molar-refractivity contribution >= 4 is 23.2 Å². The molecule has 18 heavy (non-hydrogen) atoms. The highest BCUT2D eigenvalue weighted by molar-refractivity contribution is 7.80. The number of ether oxygens (including phenoxy) is 1. The van der Waals surface area contributed by atoms with Crippen LogP contribution < -0.4 is 5.73 Å². The largest absolute Gasteiger partial charge is 0.469 e. The molecule has 0 saturated carbocycles. The van der Waals surface area contributed by atoms with Gasteiger partial charge in [0, 0.05) is 32.7 Å².